The average molecular weight is 157 g/mol. The highest BCUT2D eigenvalue weighted by Crippen LogP contribution is 2.28. The molecule has 0 atom stereocenters. The molecule has 2 nitrogen and oxygen atoms in total. The first-order valence-electron chi connectivity index (χ1n) is 4.36. The van der Waals surface area contributed by atoms with Crippen LogP contribution in [0.3, 0.4) is 0 Å². The maximum Gasteiger partial charge on any atom is 0.0494 e. The minimum Gasteiger partial charge on any atom is -0.396 e. The van der Waals surface area contributed by atoms with E-state index in [-0.39, 0.29) is 12.0 Å². The second-order valence-electron chi connectivity index (χ2n) is 4.47. The topological polar surface area (TPSA) is 23.5 Å². The molecule has 0 aromatic carbocycles. The number of hydrogen-bond donors (Lipinski definition) is 1. The molecule has 0 unspecified atom stereocenters. The summed E-state index contributed by atoms with van der Waals surface area (Å²) >= 11 is 0. The van der Waals surface area contributed by atoms with Crippen LogP contribution >= 0.6 is 0 Å². The molecule has 1 aliphatic rings. The second-order valence-corrected chi connectivity index (χ2v) is 4.47. The molecule has 66 valence electrons. The van der Waals surface area contributed by atoms with Gasteiger partial charge in [0.05, 0.1) is 0 Å². The Morgan fingerprint density at radius 3 is 2.36 bits per heavy atom. The fourth-order valence-corrected chi connectivity index (χ4v) is 1.37. The van der Waals surface area contributed by atoms with Gasteiger partial charge in [0.15, 0.2) is 0 Å². The van der Waals surface area contributed by atoms with Gasteiger partial charge in [-0.25, -0.2) is 0 Å². The molecule has 0 aromatic heterocycles. The summed E-state index contributed by atoms with van der Waals surface area (Å²) in [6.45, 7) is 5.50. The number of aliphatic hydroxyl groups excluding tert-OH is 1. The Balaban J connectivity index is 2.27. The minimum absolute atomic E-state index is 0.0668. The van der Waals surface area contributed by atoms with Crippen LogP contribution in [0.5, 0.6) is 0 Å². The summed E-state index contributed by atoms with van der Waals surface area (Å²) < 4.78 is 0. The first-order valence-corrected chi connectivity index (χ1v) is 4.36. The van der Waals surface area contributed by atoms with Crippen molar-refractivity contribution in [3.8, 4) is 0 Å². The SMILES string of the molecule is CN(CC(C)(C)CO)C1CC1. The third kappa shape index (κ3) is 2.80. The van der Waals surface area contributed by atoms with Gasteiger partial charge in [0.2, 0.25) is 0 Å². The van der Waals surface area contributed by atoms with Gasteiger partial charge in [0.1, 0.15) is 0 Å². The van der Waals surface area contributed by atoms with Gasteiger partial charge < -0.3 is 10.0 Å². The van der Waals surface area contributed by atoms with Crippen molar-refractivity contribution in [1.29, 1.82) is 0 Å². The zero-order valence-electron chi connectivity index (χ0n) is 7.80. The van der Waals surface area contributed by atoms with E-state index in [0.29, 0.717) is 0 Å². The lowest BCUT2D eigenvalue weighted by atomic mass is 9.94. The molecule has 1 N–H and O–H groups in total. The number of hydrogen-bond acceptors (Lipinski definition) is 2. The molecule has 0 bridgehead atoms. The molecule has 0 radical (unpaired) electrons. The summed E-state index contributed by atoms with van der Waals surface area (Å²) in [4.78, 5) is 2.36. The molecule has 0 saturated heterocycles. The fraction of sp³-hybridized carbons (Fsp3) is 1.00. The quantitative estimate of drug-likeness (QED) is 0.660. The van der Waals surface area contributed by atoms with Gasteiger partial charge in [-0.3, -0.25) is 0 Å². The molecular formula is C9H19NO. The van der Waals surface area contributed by atoms with E-state index in [4.69, 9.17) is 5.11 Å². The number of nitrogens with zero attached hydrogens (tertiary/aromatic N) is 1. The number of aliphatic hydroxyl groups is 1. The van der Waals surface area contributed by atoms with E-state index >= 15 is 0 Å². The van der Waals surface area contributed by atoms with Crippen LogP contribution in [0.1, 0.15) is 26.7 Å². The Labute approximate surface area is 69.2 Å². The lowest BCUT2D eigenvalue weighted by Gasteiger charge is -2.28. The van der Waals surface area contributed by atoms with E-state index in [2.05, 4.69) is 25.8 Å². The third-order valence-corrected chi connectivity index (χ3v) is 2.28. The van der Waals surface area contributed by atoms with Crippen LogP contribution < -0.4 is 0 Å². The Kier molecular flexibility index (Phi) is 2.55. The van der Waals surface area contributed by atoms with E-state index in [1.807, 2.05) is 0 Å². The lowest BCUT2D eigenvalue weighted by Crippen LogP contribution is -2.35. The predicted molar refractivity (Wildman–Crippen MR) is 46.5 cm³/mol. The van der Waals surface area contributed by atoms with Crippen molar-refractivity contribution in [3.63, 3.8) is 0 Å². The van der Waals surface area contributed by atoms with Crippen molar-refractivity contribution < 1.29 is 5.11 Å². The summed E-state index contributed by atoms with van der Waals surface area (Å²) in [6, 6.07) is 0.806. The van der Waals surface area contributed by atoms with Crippen molar-refractivity contribution in [2.75, 3.05) is 20.2 Å². The lowest BCUT2D eigenvalue weighted by molar-refractivity contribution is 0.112. The Morgan fingerprint density at radius 2 is 2.00 bits per heavy atom. The molecule has 1 saturated carbocycles. The molecule has 1 fully saturated rings. The van der Waals surface area contributed by atoms with Crippen molar-refractivity contribution >= 4 is 0 Å². The fourth-order valence-electron chi connectivity index (χ4n) is 1.37. The molecular weight excluding hydrogens is 138 g/mol. The summed E-state index contributed by atoms with van der Waals surface area (Å²) in [5, 5.41) is 9.02. The van der Waals surface area contributed by atoms with E-state index in [1.165, 1.54) is 12.8 Å². The minimum atomic E-state index is 0.0668. The van der Waals surface area contributed by atoms with Gasteiger partial charge in [0, 0.05) is 24.6 Å². The molecule has 11 heavy (non-hydrogen) atoms. The molecule has 0 heterocycles. The standard InChI is InChI=1S/C9H19NO/c1-9(2,7-11)6-10(3)8-4-5-8/h8,11H,4-7H2,1-3H3. The van der Waals surface area contributed by atoms with E-state index < -0.39 is 0 Å². The third-order valence-electron chi connectivity index (χ3n) is 2.28. The van der Waals surface area contributed by atoms with Gasteiger partial charge in [-0.15, -0.1) is 0 Å². The summed E-state index contributed by atoms with van der Waals surface area (Å²) in [6.07, 6.45) is 2.69. The molecule has 0 amide bonds. The van der Waals surface area contributed by atoms with E-state index in [1.54, 1.807) is 0 Å². The Morgan fingerprint density at radius 1 is 1.45 bits per heavy atom. The van der Waals surface area contributed by atoms with Crippen molar-refractivity contribution in [3.05, 3.63) is 0 Å². The highest BCUT2D eigenvalue weighted by Gasteiger charge is 2.29. The zero-order chi connectivity index (χ0) is 8.48. The van der Waals surface area contributed by atoms with Crippen LogP contribution in [-0.2, 0) is 0 Å². The maximum absolute atomic E-state index is 9.02. The molecule has 0 spiro atoms. The van der Waals surface area contributed by atoms with Gasteiger partial charge in [-0.05, 0) is 19.9 Å². The summed E-state index contributed by atoms with van der Waals surface area (Å²) in [5.74, 6) is 0. The highest BCUT2D eigenvalue weighted by atomic mass is 16.3. The monoisotopic (exact) mass is 157 g/mol. The van der Waals surface area contributed by atoms with E-state index in [9.17, 15) is 0 Å². The van der Waals surface area contributed by atoms with Gasteiger partial charge in [0.25, 0.3) is 0 Å². The van der Waals surface area contributed by atoms with E-state index in [0.717, 1.165) is 12.6 Å². The predicted octanol–water partition coefficient (Wildman–Crippen LogP) is 1.10. The Hall–Kier alpha value is -0.0800. The van der Waals surface area contributed by atoms with Crippen molar-refractivity contribution in [2.24, 2.45) is 5.41 Å². The van der Waals surface area contributed by atoms with Crippen molar-refractivity contribution in [2.45, 2.75) is 32.7 Å². The normalized spacial score (nSPS) is 19.4. The second kappa shape index (κ2) is 3.11. The zero-order valence-corrected chi connectivity index (χ0v) is 7.80. The van der Waals surface area contributed by atoms with Crippen LogP contribution in [0.4, 0.5) is 0 Å². The van der Waals surface area contributed by atoms with Gasteiger partial charge >= 0.3 is 0 Å². The Bertz CT molecular complexity index is 130. The van der Waals surface area contributed by atoms with Crippen LogP contribution in [-0.4, -0.2) is 36.2 Å². The van der Waals surface area contributed by atoms with Crippen LogP contribution in [0.25, 0.3) is 0 Å². The molecule has 0 aromatic rings. The van der Waals surface area contributed by atoms with Crippen LogP contribution in [0, 0.1) is 5.41 Å². The van der Waals surface area contributed by atoms with Crippen LogP contribution in [0.2, 0.25) is 0 Å². The number of rotatable bonds is 4. The first-order chi connectivity index (χ1) is 5.05. The summed E-state index contributed by atoms with van der Waals surface area (Å²) in [5.41, 5.74) is 0.0668. The smallest absolute Gasteiger partial charge is 0.0494 e. The maximum atomic E-state index is 9.02. The average Bonchev–Trinajstić information content (AvgIpc) is 2.67. The van der Waals surface area contributed by atoms with Gasteiger partial charge in [-0.2, -0.15) is 0 Å². The molecule has 1 aliphatic carbocycles. The van der Waals surface area contributed by atoms with Gasteiger partial charge in [-0.1, -0.05) is 13.8 Å². The largest absolute Gasteiger partial charge is 0.396 e. The van der Waals surface area contributed by atoms with Crippen LogP contribution in [0.15, 0.2) is 0 Å². The highest BCUT2D eigenvalue weighted by molar-refractivity contribution is 4.85. The molecule has 0 aliphatic heterocycles. The molecule has 2 heteroatoms. The first kappa shape index (κ1) is 9.01. The van der Waals surface area contributed by atoms with Crippen molar-refractivity contribution in [1.82, 2.24) is 4.90 Å². The molecule has 1 rings (SSSR count). The summed E-state index contributed by atoms with van der Waals surface area (Å²) in [7, 11) is 2.15.